The Morgan fingerprint density at radius 2 is 2.08 bits per heavy atom. The average molecular weight is 198 g/mol. The van der Waals surface area contributed by atoms with E-state index in [-0.39, 0.29) is 12.4 Å². The van der Waals surface area contributed by atoms with E-state index < -0.39 is 5.91 Å². The molecule has 13 heavy (non-hydrogen) atoms. The van der Waals surface area contributed by atoms with Gasteiger partial charge in [-0.25, -0.2) is 0 Å². The molecule has 0 unspecified atom stereocenters. The predicted molar refractivity (Wildman–Crippen MR) is 51.9 cm³/mol. The largest absolute Gasteiger partial charge is 0.364 e. The van der Waals surface area contributed by atoms with Gasteiger partial charge >= 0.3 is 0 Å². The van der Waals surface area contributed by atoms with Crippen LogP contribution in [0.15, 0.2) is 24.3 Å². The second-order valence-electron chi connectivity index (χ2n) is 2.48. The number of carbonyl (C=O) groups is 1. The number of aromatic amines is 1. The Bertz CT molecular complexity index is 438. The number of aromatic nitrogens is 2. The molecule has 0 aliphatic rings. The van der Waals surface area contributed by atoms with Crippen molar-refractivity contribution in [1.82, 2.24) is 10.2 Å². The van der Waals surface area contributed by atoms with Gasteiger partial charge in [-0.05, 0) is 6.07 Å². The first-order chi connectivity index (χ1) is 5.79. The van der Waals surface area contributed by atoms with E-state index in [1.807, 2.05) is 18.2 Å². The number of hydrogen-bond donors (Lipinski definition) is 2. The summed E-state index contributed by atoms with van der Waals surface area (Å²) in [5.41, 5.74) is 6.22. The van der Waals surface area contributed by atoms with Crippen LogP contribution < -0.4 is 5.73 Å². The number of para-hydroxylation sites is 1. The molecule has 2 rings (SSSR count). The van der Waals surface area contributed by atoms with Gasteiger partial charge in [0.25, 0.3) is 5.91 Å². The van der Waals surface area contributed by atoms with Gasteiger partial charge in [-0.15, -0.1) is 12.4 Å². The Morgan fingerprint density at radius 3 is 2.77 bits per heavy atom. The van der Waals surface area contributed by atoms with E-state index in [1.54, 1.807) is 6.07 Å². The third-order valence-corrected chi connectivity index (χ3v) is 1.70. The fourth-order valence-corrected chi connectivity index (χ4v) is 1.15. The monoisotopic (exact) mass is 197 g/mol. The Kier molecular flexibility index (Phi) is 2.53. The van der Waals surface area contributed by atoms with Crippen molar-refractivity contribution in [2.75, 3.05) is 0 Å². The number of rotatable bonds is 1. The molecule has 4 nitrogen and oxygen atoms in total. The molecular formula is C8H8ClN3O. The van der Waals surface area contributed by atoms with E-state index in [0.717, 1.165) is 10.9 Å². The highest BCUT2D eigenvalue weighted by molar-refractivity contribution is 6.03. The summed E-state index contributed by atoms with van der Waals surface area (Å²) in [6.07, 6.45) is 0. The molecule has 2 aromatic rings. The van der Waals surface area contributed by atoms with E-state index in [0.29, 0.717) is 5.69 Å². The summed E-state index contributed by atoms with van der Waals surface area (Å²) < 4.78 is 0. The van der Waals surface area contributed by atoms with Gasteiger partial charge in [-0.1, -0.05) is 18.2 Å². The van der Waals surface area contributed by atoms with Gasteiger partial charge in [-0.3, -0.25) is 9.89 Å². The van der Waals surface area contributed by atoms with E-state index in [1.165, 1.54) is 0 Å². The zero-order valence-corrected chi connectivity index (χ0v) is 7.47. The molecule has 1 aromatic carbocycles. The van der Waals surface area contributed by atoms with Crippen molar-refractivity contribution in [3.05, 3.63) is 30.0 Å². The molecule has 0 fully saturated rings. The van der Waals surface area contributed by atoms with Gasteiger partial charge in [0.05, 0.1) is 5.52 Å². The lowest BCUT2D eigenvalue weighted by molar-refractivity contribution is 0.0997. The van der Waals surface area contributed by atoms with Gasteiger partial charge in [0.15, 0.2) is 5.69 Å². The van der Waals surface area contributed by atoms with Crippen molar-refractivity contribution in [2.24, 2.45) is 5.73 Å². The van der Waals surface area contributed by atoms with Crippen LogP contribution in [0.2, 0.25) is 0 Å². The summed E-state index contributed by atoms with van der Waals surface area (Å²) in [5.74, 6) is -0.507. The van der Waals surface area contributed by atoms with Crippen LogP contribution in [0.5, 0.6) is 0 Å². The maximum absolute atomic E-state index is 10.8. The zero-order chi connectivity index (χ0) is 8.55. The lowest BCUT2D eigenvalue weighted by Gasteiger charge is -1.88. The first-order valence-electron chi connectivity index (χ1n) is 3.52. The van der Waals surface area contributed by atoms with Crippen molar-refractivity contribution in [1.29, 1.82) is 0 Å². The first-order valence-corrected chi connectivity index (χ1v) is 3.52. The summed E-state index contributed by atoms with van der Waals surface area (Å²) in [5, 5.41) is 7.28. The fraction of sp³-hybridized carbons (Fsp3) is 0. The summed E-state index contributed by atoms with van der Waals surface area (Å²) in [6.45, 7) is 0. The van der Waals surface area contributed by atoms with Gasteiger partial charge in [0.2, 0.25) is 0 Å². The van der Waals surface area contributed by atoms with Crippen LogP contribution >= 0.6 is 12.4 Å². The Labute approximate surface area is 80.5 Å². The third-order valence-electron chi connectivity index (χ3n) is 1.70. The van der Waals surface area contributed by atoms with E-state index in [4.69, 9.17) is 5.73 Å². The summed E-state index contributed by atoms with van der Waals surface area (Å²) in [4.78, 5) is 10.8. The highest BCUT2D eigenvalue weighted by Gasteiger charge is 2.08. The quantitative estimate of drug-likeness (QED) is 0.718. The lowest BCUT2D eigenvalue weighted by atomic mass is 10.2. The number of carbonyl (C=O) groups excluding carboxylic acids is 1. The number of hydrogen-bond acceptors (Lipinski definition) is 2. The van der Waals surface area contributed by atoms with Crippen molar-refractivity contribution >= 4 is 29.2 Å². The molecular weight excluding hydrogens is 190 g/mol. The minimum absolute atomic E-state index is 0. The van der Waals surface area contributed by atoms with Crippen LogP contribution in [0.1, 0.15) is 10.5 Å². The van der Waals surface area contributed by atoms with Crippen LogP contribution in [0.25, 0.3) is 10.9 Å². The number of H-pyrrole nitrogens is 1. The molecule has 0 saturated carbocycles. The number of primary amides is 1. The normalized spacial score (nSPS) is 9.54. The molecule has 1 heterocycles. The zero-order valence-electron chi connectivity index (χ0n) is 6.65. The number of nitrogens with zero attached hydrogens (tertiary/aromatic N) is 1. The van der Waals surface area contributed by atoms with Crippen LogP contribution in [-0.2, 0) is 0 Å². The fourth-order valence-electron chi connectivity index (χ4n) is 1.15. The Hall–Kier alpha value is -1.55. The number of nitrogens with one attached hydrogen (secondary N) is 1. The molecule has 0 spiro atoms. The first kappa shape index (κ1) is 9.54. The van der Waals surface area contributed by atoms with Crippen LogP contribution in [0.3, 0.4) is 0 Å². The van der Waals surface area contributed by atoms with Crippen molar-refractivity contribution < 1.29 is 4.79 Å². The molecule has 0 aliphatic heterocycles. The number of halogens is 1. The summed E-state index contributed by atoms with van der Waals surface area (Å²) in [7, 11) is 0. The van der Waals surface area contributed by atoms with Gasteiger partial charge in [0.1, 0.15) is 0 Å². The van der Waals surface area contributed by atoms with Gasteiger partial charge < -0.3 is 5.73 Å². The van der Waals surface area contributed by atoms with Crippen molar-refractivity contribution in [3.8, 4) is 0 Å². The number of benzene rings is 1. The van der Waals surface area contributed by atoms with Crippen LogP contribution in [0, 0.1) is 0 Å². The maximum Gasteiger partial charge on any atom is 0.269 e. The average Bonchev–Trinajstić information content (AvgIpc) is 2.47. The van der Waals surface area contributed by atoms with Crippen molar-refractivity contribution in [2.45, 2.75) is 0 Å². The molecule has 68 valence electrons. The molecule has 5 heteroatoms. The lowest BCUT2D eigenvalue weighted by Crippen LogP contribution is -2.11. The van der Waals surface area contributed by atoms with Crippen LogP contribution in [-0.4, -0.2) is 16.1 Å². The number of fused-ring (bicyclic) bond motifs is 1. The molecule has 1 amide bonds. The third kappa shape index (κ3) is 1.48. The molecule has 0 bridgehead atoms. The minimum atomic E-state index is -0.507. The summed E-state index contributed by atoms with van der Waals surface area (Å²) >= 11 is 0. The predicted octanol–water partition coefficient (Wildman–Crippen LogP) is 1.08. The second kappa shape index (κ2) is 3.45. The molecule has 0 atom stereocenters. The maximum atomic E-state index is 10.8. The Balaban J connectivity index is 0.000000845. The standard InChI is InChI=1S/C8H7N3O.ClH/c9-8(12)7-5-3-1-2-4-6(5)10-11-7;/h1-4H,(H2,9,12)(H,10,11);1H. The molecule has 3 N–H and O–H groups in total. The highest BCUT2D eigenvalue weighted by atomic mass is 35.5. The molecule has 0 radical (unpaired) electrons. The van der Waals surface area contributed by atoms with Gasteiger partial charge in [-0.2, -0.15) is 5.10 Å². The van der Waals surface area contributed by atoms with Crippen LogP contribution in [0.4, 0.5) is 0 Å². The highest BCUT2D eigenvalue weighted by Crippen LogP contribution is 2.13. The number of nitrogens with two attached hydrogens (primary N) is 1. The Morgan fingerprint density at radius 1 is 1.38 bits per heavy atom. The SMILES string of the molecule is Cl.NC(=O)c1n[nH]c2ccccc12. The van der Waals surface area contributed by atoms with E-state index in [2.05, 4.69) is 10.2 Å². The van der Waals surface area contributed by atoms with E-state index in [9.17, 15) is 4.79 Å². The topological polar surface area (TPSA) is 71.8 Å². The molecule has 1 aromatic heterocycles. The second-order valence-corrected chi connectivity index (χ2v) is 2.48. The molecule has 0 aliphatic carbocycles. The minimum Gasteiger partial charge on any atom is -0.364 e. The molecule has 0 saturated heterocycles. The smallest absolute Gasteiger partial charge is 0.269 e. The van der Waals surface area contributed by atoms with Crippen molar-refractivity contribution in [3.63, 3.8) is 0 Å². The summed E-state index contributed by atoms with van der Waals surface area (Å²) in [6, 6.07) is 7.35. The van der Waals surface area contributed by atoms with E-state index >= 15 is 0 Å². The number of amides is 1. The van der Waals surface area contributed by atoms with Gasteiger partial charge in [0, 0.05) is 5.39 Å².